The highest BCUT2D eigenvalue weighted by Gasteiger charge is 2.05. The molecule has 0 bridgehead atoms. The van der Waals surface area contributed by atoms with Gasteiger partial charge in [0.15, 0.2) is 0 Å². The van der Waals surface area contributed by atoms with Crippen molar-refractivity contribution >= 4 is 5.69 Å². The van der Waals surface area contributed by atoms with E-state index in [2.05, 4.69) is 12.2 Å². The van der Waals surface area contributed by atoms with Crippen LogP contribution in [0.5, 0.6) is 5.75 Å². The number of benzene rings is 1. The second-order valence-electron chi connectivity index (χ2n) is 3.82. The third-order valence-corrected chi connectivity index (χ3v) is 2.36. The summed E-state index contributed by atoms with van der Waals surface area (Å²) >= 11 is 0. The summed E-state index contributed by atoms with van der Waals surface area (Å²) in [6.45, 7) is 4.41. The summed E-state index contributed by atoms with van der Waals surface area (Å²) in [5.74, 6) is 0.531. The van der Waals surface area contributed by atoms with Crippen LogP contribution in [0.2, 0.25) is 0 Å². The van der Waals surface area contributed by atoms with Crippen molar-refractivity contribution in [2.24, 2.45) is 0 Å². The zero-order valence-corrected chi connectivity index (χ0v) is 10.6. The highest BCUT2D eigenvalue weighted by atomic mass is 16.5. The van der Waals surface area contributed by atoms with E-state index in [9.17, 15) is 0 Å². The SMILES string of the molecule is CCCNC/C=C/COc1cccc(N)c1C#N. The molecule has 0 saturated heterocycles. The number of nitrogens with one attached hydrogen (secondary N) is 1. The summed E-state index contributed by atoms with van der Waals surface area (Å²) in [4.78, 5) is 0. The van der Waals surface area contributed by atoms with Crippen LogP contribution in [-0.4, -0.2) is 19.7 Å². The van der Waals surface area contributed by atoms with Gasteiger partial charge in [0.1, 0.15) is 24.0 Å². The Bertz CT molecular complexity index is 435. The molecule has 0 amide bonds. The first kappa shape index (κ1) is 14.1. The number of anilines is 1. The Morgan fingerprint density at radius 1 is 1.44 bits per heavy atom. The third kappa shape index (κ3) is 4.48. The fourth-order valence-electron chi connectivity index (χ4n) is 1.44. The fraction of sp³-hybridized carbons (Fsp3) is 0.357. The minimum Gasteiger partial charge on any atom is -0.488 e. The van der Waals surface area contributed by atoms with Gasteiger partial charge in [0.05, 0.1) is 5.69 Å². The van der Waals surface area contributed by atoms with E-state index >= 15 is 0 Å². The Hall–Kier alpha value is -1.99. The second kappa shape index (κ2) is 8.15. The lowest BCUT2D eigenvalue weighted by Crippen LogP contribution is -2.14. The van der Waals surface area contributed by atoms with Crippen molar-refractivity contribution < 1.29 is 4.74 Å². The van der Waals surface area contributed by atoms with Crippen molar-refractivity contribution in [2.75, 3.05) is 25.4 Å². The number of nitrogens with two attached hydrogens (primary N) is 1. The lowest BCUT2D eigenvalue weighted by Gasteiger charge is -2.06. The van der Waals surface area contributed by atoms with Gasteiger partial charge in [-0.25, -0.2) is 0 Å². The van der Waals surface area contributed by atoms with Gasteiger partial charge in [-0.2, -0.15) is 5.26 Å². The van der Waals surface area contributed by atoms with E-state index in [1.165, 1.54) is 0 Å². The number of nitrogens with zero attached hydrogens (tertiary/aromatic N) is 1. The average Bonchev–Trinajstić information content (AvgIpc) is 2.38. The first-order chi connectivity index (χ1) is 8.79. The molecule has 0 aliphatic carbocycles. The number of hydrogen-bond donors (Lipinski definition) is 2. The fourth-order valence-corrected chi connectivity index (χ4v) is 1.44. The largest absolute Gasteiger partial charge is 0.488 e. The molecular formula is C14H19N3O. The van der Waals surface area contributed by atoms with Crippen LogP contribution in [0.3, 0.4) is 0 Å². The van der Waals surface area contributed by atoms with Crippen molar-refractivity contribution in [1.29, 1.82) is 5.26 Å². The topological polar surface area (TPSA) is 71.1 Å². The number of ether oxygens (including phenoxy) is 1. The van der Waals surface area contributed by atoms with E-state index < -0.39 is 0 Å². The van der Waals surface area contributed by atoms with E-state index in [0.29, 0.717) is 23.6 Å². The Kier molecular flexibility index (Phi) is 6.37. The maximum atomic E-state index is 8.96. The van der Waals surface area contributed by atoms with Crippen molar-refractivity contribution in [2.45, 2.75) is 13.3 Å². The second-order valence-corrected chi connectivity index (χ2v) is 3.82. The van der Waals surface area contributed by atoms with E-state index in [1.807, 2.05) is 18.2 Å². The Balaban J connectivity index is 2.40. The molecule has 0 saturated carbocycles. The molecule has 1 aromatic carbocycles. The van der Waals surface area contributed by atoms with Gasteiger partial charge in [0.25, 0.3) is 0 Å². The van der Waals surface area contributed by atoms with Crippen LogP contribution in [0.1, 0.15) is 18.9 Å². The summed E-state index contributed by atoms with van der Waals surface area (Å²) in [6, 6.07) is 7.26. The molecule has 96 valence electrons. The van der Waals surface area contributed by atoms with Crippen molar-refractivity contribution in [3.05, 3.63) is 35.9 Å². The van der Waals surface area contributed by atoms with Crippen LogP contribution in [0.4, 0.5) is 5.69 Å². The molecule has 0 radical (unpaired) electrons. The molecule has 0 fully saturated rings. The maximum Gasteiger partial charge on any atom is 0.139 e. The predicted octanol–water partition coefficient (Wildman–Crippen LogP) is 2.08. The first-order valence-corrected chi connectivity index (χ1v) is 6.06. The summed E-state index contributed by atoms with van der Waals surface area (Å²) < 4.78 is 5.50. The Morgan fingerprint density at radius 3 is 3.00 bits per heavy atom. The first-order valence-electron chi connectivity index (χ1n) is 6.06. The highest BCUT2D eigenvalue weighted by Crippen LogP contribution is 2.22. The van der Waals surface area contributed by atoms with Crippen molar-refractivity contribution in [1.82, 2.24) is 5.32 Å². The average molecular weight is 245 g/mol. The van der Waals surface area contributed by atoms with Crippen molar-refractivity contribution in [3.63, 3.8) is 0 Å². The van der Waals surface area contributed by atoms with Crippen LogP contribution in [0.15, 0.2) is 30.4 Å². The van der Waals surface area contributed by atoms with Gasteiger partial charge in [-0.15, -0.1) is 0 Å². The summed E-state index contributed by atoms with van der Waals surface area (Å²) in [5.41, 5.74) is 6.53. The number of nitriles is 1. The maximum absolute atomic E-state index is 8.96. The van der Waals surface area contributed by atoms with Crippen LogP contribution >= 0.6 is 0 Å². The molecule has 4 heteroatoms. The monoisotopic (exact) mass is 245 g/mol. The molecule has 3 N–H and O–H groups in total. The molecule has 1 aromatic rings. The third-order valence-electron chi connectivity index (χ3n) is 2.36. The number of rotatable bonds is 7. The number of nitrogen functional groups attached to an aromatic ring is 1. The van der Waals surface area contributed by atoms with Gasteiger partial charge in [0.2, 0.25) is 0 Å². The van der Waals surface area contributed by atoms with Crippen LogP contribution in [0.25, 0.3) is 0 Å². The van der Waals surface area contributed by atoms with Gasteiger partial charge in [-0.3, -0.25) is 0 Å². The van der Waals surface area contributed by atoms with Gasteiger partial charge in [0, 0.05) is 6.54 Å². The van der Waals surface area contributed by atoms with E-state index in [0.717, 1.165) is 19.5 Å². The summed E-state index contributed by atoms with van der Waals surface area (Å²) in [6.07, 6.45) is 5.06. The van der Waals surface area contributed by atoms with Gasteiger partial charge >= 0.3 is 0 Å². The van der Waals surface area contributed by atoms with E-state index in [1.54, 1.807) is 18.2 Å². The molecule has 0 aromatic heterocycles. The van der Waals surface area contributed by atoms with Crippen molar-refractivity contribution in [3.8, 4) is 11.8 Å². The molecule has 1 rings (SSSR count). The lowest BCUT2D eigenvalue weighted by molar-refractivity contribution is 0.361. The molecule has 18 heavy (non-hydrogen) atoms. The molecule has 0 atom stereocenters. The smallest absolute Gasteiger partial charge is 0.139 e. The molecule has 0 heterocycles. The minimum absolute atomic E-state index is 0.398. The normalized spacial score (nSPS) is 10.4. The molecule has 4 nitrogen and oxygen atoms in total. The highest BCUT2D eigenvalue weighted by molar-refractivity contribution is 5.60. The quantitative estimate of drug-likeness (QED) is 0.438. The van der Waals surface area contributed by atoms with Gasteiger partial charge in [-0.1, -0.05) is 25.1 Å². The van der Waals surface area contributed by atoms with Gasteiger partial charge < -0.3 is 15.8 Å². The molecule has 0 spiro atoms. The standard InChI is InChI=1S/C14H19N3O/c1-2-8-17-9-3-4-10-18-14-7-5-6-13(16)12(14)11-15/h3-7,17H,2,8-10,16H2,1H3/b4-3+. The number of hydrogen-bond acceptors (Lipinski definition) is 4. The zero-order chi connectivity index (χ0) is 13.2. The Morgan fingerprint density at radius 2 is 2.28 bits per heavy atom. The van der Waals surface area contributed by atoms with Crippen LogP contribution in [0, 0.1) is 11.3 Å². The Labute approximate surface area is 108 Å². The summed E-state index contributed by atoms with van der Waals surface area (Å²) in [7, 11) is 0. The van der Waals surface area contributed by atoms with E-state index in [-0.39, 0.29) is 0 Å². The van der Waals surface area contributed by atoms with E-state index in [4.69, 9.17) is 15.7 Å². The minimum atomic E-state index is 0.398. The lowest BCUT2D eigenvalue weighted by atomic mass is 10.2. The molecule has 0 aliphatic rings. The summed E-state index contributed by atoms with van der Waals surface area (Å²) in [5, 5.41) is 12.2. The van der Waals surface area contributed by atoms with Crippen LogP contribution in [-0.2, 0) is 0 Å². The van der Waals surface area contributed by atoms with Gasteiger partial charge in [-0.05, 0) is 25.1 Å². The predicted molar refractivity (Wildman–Crippen MR) is 73.4 cm³/mol. The van der Waals surface area contributed by atoms with Crippen LogP contribution < -0.4 is 15.8 Å². The molecule has 0 unspecified atom stereocenters. The molecular weight excluding hydrogens is 226 g/mol. The molecule has 0 aliphatic heterocycles. The zero-order valence-electron chi connectivity index (χ0n) is 10.6.